The molecular weight excluding hydrogens is 462 g/mol. The Balaban J connectivity index is 1.25. The predicted molar refractivity (Wildman–Crippen MR) is 133 cm³/mol. The molecule has 0 aliphatic carbocycles. The normalized spacial score (nSPS) is 21.8. The molecule has 2 aliphatic heterocycles. The highest BCUT2D eigenvalue weighted by Crippen LogP contribution is 2.36. The van der Waals surface area contributed by atoms with Gasteiger partial charge in [0.05, 0.1) is 17.4 Å². The van der Waals surface area contributed by atoms with Gasteiger partial charge in [-0.3, -0.25) is 9.48 Å². The van der Waals surface area contributed by atoms with Crippen LogP contribution in [-0.4, -0.2) is 54.2 Å². The van der Waals surface area contributed by atoms with Gasteiger partial charge in [-0.05, 0) is 36.6 Å². The topological polar surface area (TPSA) is 109 Å². The third-order valence-electron chi connectivity index (χ3n) is 6.79. The van der Waals surface area contributed by atoms with Gasteiger partial charge in [-0.15, -0.1) is 11.3 Å². The van der Waals surface area contributed by atoms with E-state index in [4.69, 9.17) is 9.97 Å². The Hall–Kier alpha value is -3.63. The molecule has 2 atom stereocenters. The summed E-state index contributed by atoms with van der Waals surface area (Å²) in [5.41, 5.74) is 2.61. The maximum atomic E-state index is 12.5. The average Bonchev–Trinajstić information content (AvgIpc) is 3.62. The number of nitrogens with one attached hydrogen (secondary N) is 1. The lowest BCUT2D eigenvalue weighted by molar-refractivity contribution is -0.143. The number of aliphatic hydroxyl groups is 1. The van der Waals surface area contributed by atoms with Crippen LogP contribution in [0.4, 0.5) is 5.95 Å². The first kappa shape index (κ1) is 21.9. The van der Waals surface area contributed by atoms with Crippen LogP contribution in [-0.2, 0) is 16.9 Å². The van der Waals surface area contributed by atoms with Gasteiger partial charge in [0.15, 0.2) is 5.60 Å². The van der Waals surface area contributed by atoms with Crippen LogP contribution in [0.25, 0.3) is 22.0 Å². The molecule has 1 amide bonds. The molecule has 0 spiro atoms. The van der Waals surface area contributed by atoms with Crippen molar-refractivity contribution in [2.75, 3.05) is 18.9 Å². The van der Waals surface area contributed by atoms with E-state index in [-0.39, 0.29) is 11.9 Å². The Kier molecular flexibility index (Phi) is 5.34. The number of carbonyl (C=O) groups excluding carboxylic acids is 1. The van der Waals surface area contributed by atoms with E-state index in [1.807, 2.05) is 46.6 Å². The highest BCUT2D eigenvalue weighted by atomic mass is 32.1. The number of anilines is 1. The maximum Gasteiger partial charge on any atom is 0.258 e. The van der Waals surface area contributed by atoms with Crippen LogP contribution in [0.1, 0.15) is 36.6 Å². The summed E-state index contributed by atoms with van der Waals surface area (Å²) in [6.07, 6.45) is 6.01. The molecule has 178 valence electrons. The van der Waals surface area contributed by atoms with Gasteiger partial charge in [-0.2, -0.15) is 5.10 Å². The van der Waals surface area contributed by atoms with E-state index in [0.717, 1.165) is 47.0 Å². The number of rotatable bonds is 5. The molecule has 0 radical (unpaired) electrons. The molecule has 3 aromatic heterocycles. The minimum Gasteiger partial charge on any atom is -0.375 e. The Morgan fingerprint density at radius 3 is 2.91 bits per heavy atom. The molecule has 0 saturated carbocycles. The quantitative estimate of drug-likeness (QED) is 0.444. The van der Waals surface area contributed by atoms with Crippen molar-refractivity contribution in [2.45, 2.75) is 37.5 Å². The van der Waals surface area contributed by atoms with Crippen LogP contribution in [0.15, 0.2) is 54.2 Å². The van der Waals surface area contributed by atoms with Crippen molar-refractivity contribution >= 4 is 23.2 Å². The molecule has 35 heavy (non-hydrogen) atoms. The Morgan fingerprint density at radius 2 is 2.06 bits per heavy atom. The van der Waals surface area contributed by atoms with Crippen molar-refractivity contribution in [3.05, 3.63) is 65.4 Å². The second kappa shape index (κ2) is 8.54. The first-order valence-corrected chi connectivity index (χ1v) is 12.6. The summed E-state index contributed by atoms with van der Waals surface area (Å²) in [4.78, 5) is 28.0. The molecule has 1 aromatic carbocycles. The summed E-state index contributed by atoms with van der Waals surface area (Å²) >= 11 is 1.50. The first-order valence-electron chi connectivity index (χ1n) is 11.7. The minimum absolute atomic E-state index is 0.123. The highest BCUT2D eigenvalue weighted by Gasteiger charge is 2.45. The van der Waals surface area contributed by atoms with Crippen molar-refractivity contribution in [2.24, 2.45) is 0 Å². The molecule has 5 heterocycles. The molecule has 10 heteroatoms. The number of aromatic nitrogens is 5. The summed E-state index contributed by atoms with van der Waals surface area (Å²) < 4.78 is 2.03. The zero-order valence-corrected chi connectivity index (χ0v) is 20.1. The maximum absolute atomic E-state index is 12.5. The van der Waals surface area contributed by atoms with Crippen LogP contribution in [0.5, 0.6) is 0 Å². The van der Waals surface area contributed by atoms with Gasteiger partial charge in [0, 0.05) is 49.9 Å². The number of fused-ring (bicyclic) bond motifs is 1. The molecule has 4 aromatic rings. The molecule has 1 unspecified atom stereocenters. The standard InChI is InChI=1S/C25H25N7O2S/c1-31-13-9-25(34,23(31)33)17-5-2-4-16(14-17)22-28-20(15-35-22)18-7-10-26-24(29-18)30-19-6-3-12-32-21(19)8-11-27-32/h2,4-5,7-8,10-11,14-15,19,34H,3,6,9,12-13H2,1H3,(H,26,29,30)/t19?,25-/m1/s1. The first-order chi connectivity index (χ1) is 17.0. The molecule has 6 rings (SSSR count). The number of nitrogens with zero attached hydrogens (tertiary/aromatic N) is 6. The van der Waals surface area contributed by atoms with Gasteiger partial charge >= 0.3 is 0 Å². The fourth-order valence-corrected chi connectivity index (χ4v) is 5.66. The lowest BCUT2D eigenvalue weighted by atomic mass is 9.91. The van der Waals surface area contributed by atoms with Crippen molar-refractivity contribution in [3.8, 4) is 22.0 Å². The Labute approximate surface area is 206 Å². The van der Waals surface area contributed by atoms with Crippen LogP contribution < -0.4 is 5.32 Å². The van der Waals surface area contributed by atoms with Crippen molar-refractivity contribution in [1.29, 1.82) is 0 Å². The van der Waals surface area contributed by atoms with Crippen LogP contribution in [0, 0.1) is 0 Å². The lowest BCUT2D eigenvalue weighted by Gasteiger charge is -2.24. The summed E-state index contributed by atoms with van der Waals surface area (Å²) in [6, 6.07) is 11.5. The highest BCUT2D eigenvalue weighted by molar-refractivity contribution is 7.13. The van der Waals surface area contributed by atoms with E-state index in [2.05, 4.69) is 15.4 Å². The average molecular weight is 488 g/mol. The number of likely N-dealkylation sites (N-methyl/N-ethyl adjacent to an activating group) is 1. The number of hydrogen-bond acceptors (Lipinski definition) is 8. The zero-order chi connectivity index (χ0) is 24.0. The largest absolute Gasteiger partial charge is 0.375 e. The number of thiazole rings is 1. The van der Waals surface area contributed by atoms with Crippen LogP contribution >= 0.6 is 11.3 Å². The van der Waals surface area contributed by atoms with E-state index < -0.39 is 5.60 Å². The molecule has 0 bridgehead atoms. The van der Waals surface area contributed by atoms with Crippen LogP contribution in [0.2, 0.25) is 0 Å². The Bertz CT molecular complexity index is 1400. The molecule has 2 aliphatic rings. The summed E-state index contributed by atoms with van der Waals surface area (Å²) in [7, 11) is 1.71. The summed E-state index contributed by atoms with van der Waals surface area (Å²) in [6.45, 7) is 1.47. The number of aryl methyl sites for hydroxylation is 1. The van der Waals surface area contributed by atoms with Gasteiger partial charge < -0.3 is 15.3 Å². The van der Waals surface area contributed by atoms with E-state index in [0.29, 0.717) is 24.5 Å². The minimum atomic E-state index is -1.48. The van der Waals surface area contributed by atoms with Gasteiger partial charge in [-0.1, -0.05) is 18.2 Å². The van der Waals surface area contributed by atoms with Crippen molar-refractivity contribution in [3.63, 3.8) is 0 Å². The Morgan fingerprint density at radius 1 is 1.14 bits per heavy atom. The number of carbonyl (C=O) groups is 1. The van der Waals surface area contributed by atoms with Gasteiger partial charge in [0.1, 0.15) is 10.7 Å². The van der Waals surface area contributed by atoms with E-state index >= 15 is 0 Å². The molecule has 9 nitrogen and oxygen atoms in total. The fourth-order valence-electron chi connectivity index (χ4n) is 4.85. The second-order valence-electron chi connectivity index (χ2n) is 9.04. The third kappa shape index (κ3) is 3.88. The van der Waals surface area contributed by atoms with E-state index in [1.54, 1.807) is 24.2 Å². The lowest BCUT2D eigenvalue weighted by Crippen LogP contribution is -2.36. The monoisotopic (exact) mass is 487 g/mol. The van der Waals surface area contributed by atoms with Crippen LogP contribution in [0.3, 0.4) is 0 Å². The molecular formula is C25H25N7O2S. The van der Waals surface area contributed by atoms with E-state index in [9.17, 15) is 9.90 Å². The number of likely N-dealkylation sites (tertiary alicyclic amines) is 1. The fraction of sp³-hybridized carbons (Fsp3) is 0.320. The zero-order valence-electron chi connectivity index (χ0n) is 19.3. The molecule has 1 saturated heterocycles. The summed E-state index contributed by atoms with van der Waals surface area (Å²) in [5.74, 6) is 0.293. The van der Waals surface area contributed by atoms with Gasteiger partial charge in [-0.25, -0.2) is 15.0 Å². The van der Waals surface area contributed by atoms with Gasteiger partial charge in [0.2, 0.25) is 5.95 Å². The SMILES string of the molecule is CN1CC[C@@](O)(c2cccc(-c3nc(-c4ccnc(NC5CCCn6nccc65)n4)cs3)c2)C1=O. The smallest absolute Gasteiger partial charge is 0.258 e. The number of amides is 1. The second-order valence-corrected chi connectivity index (χ2v) is 9.90. The van der Waals surface area contributed by atoms with Crippen molar-refractivity contribution in [1.82, 2.24) is 29.6 Å². The van der Waals surface area contributed by atoms with E-state index in [1.165, 1.54) is 11.3 Å². The third-order valence-corrected chi connectivity index (χ3v) is 7.68. The number of hydrogen-bond donors (Lipinski definition) is 2. The van der Waals surface area contributed by atoms with Gasteiger partial charge in [0.25, 0.3) is 5.91 Å². The molecule has 1 fully saturated rings. The predicted octanol–water partition coefficient (Wildman–Crippen LogP) is 3.46. The van der Waals surface area contributed by atoms with Crippen molar-refractivity contribution < 1.29 is 9.90 Å². The molecule has 2 N–H and O–H groups in total. The number of benzene rings is 1. The summed E-state index contributed by atoms with van der Waals surface area (Å²) in [5, 5.41) is 21.6.